The van der Waals surface area contributed by atoms with Gasteiger partial charge in [0.2, 0.25) is 11.8 Å². The summed E-state index contributed by atoms with van der Waals surface area (Å²) in [5, 5.41) is 0. The zero-order valence-electron chi connectivity index (χ0n) is 17.0. The molecule has 3 aliphatic heterocycles. The third kappa shape index (κ3) is 3.34. The summed E-state index contributed by atoms with van der Waals surface area (Å²) in [4.78, 5) is 31.8. The number of hydrogen-bond acceptors (Lipinski definition) is 5. The molecule has 2 aromatic carbocycles. The third-order valence-corrected chi connectivity index (χ3v) is 6.09. The van der Waals surface area contributed by atoms with E-state index < -0.39 is 0 Å². The Labute approximate surface area is 175 Å². The summed E-state index contributed by atoms with van der Waals surface area (Å²) < 4.78 is 11.2. The van der Waals surface area contributed by atoms with Gasteiger partial charge in [-0.3, -0.25) is 9.59 Å². The predicted octanol–water partition coefficient (Wildman–Crippen LogP) is 2.29. The number of para-hydroxylation sites is 1. The highest BCUT2D eigenvalue weighted by Gasteiger charge is 2.38. The van der Waals surface area contributed by atoms with Crippen molar-refractivity contribution in [2.75, 3.05) is 49.7 Å². The van der Waals surface area contributed by atoms with E-state index in [1.807, 2.05) is 35.2 Å². The molecule has 3 aliphatic rings. The number of carbonyl (C=O) groups is 2. The molecule has 0 bridgehead atoms. The molecule has 2 amide bonds. The number of amides is 2. The van der Waals surface area contributed by atoms with Crippen LogP contribution in [0.2, 0.25) is 0 Å². The van der Waals surface area contributed by atoms with Gasteiger partial charge in [-0.05, 0) is 23.8 Å². The zero-order chi connectivity index (χ0) is 20.7. The molecule has 2 aromatic rings. The molecule has 30 heavy (non-hydrogen) atoms. The highest BCUT2D eigenvalue weighted by molar-refractivity contribution is 6.00. The highest BCUT2D eigenvalue weighted by Crippen LogP contribution is 2.36. The Bertz CT molecular complexity index is 992. The molecule has 7 nitrogen and oxygen atoms in total. The van der Waals surface area contributed by atoms with Crippen molar-refractivity contribution in [2.45, 2.75) is 13.0 Å². The maximum atomic E-state index is 13.3. The van der Waals surface area contributed by atoms with Gasteiger partial charge in [0.15, 0.2) is 11.5 Å². The van der Waals surface area contributed by atoms with Crippen LogP contribution in [-0.4, -0.2) is 56.6 Å². The summed E-state index contributed by atoms with van der Waals surface area (Å²) >= 11 is 0. The summed E-state index contributed by atoms with van der Waals surface area (Å²) in [6.07, 6.45) is 0.237. The first-order chi connectivity index (χ1) is 14.6. The molecule has 7 heteroatoms. The first-order valence-corrected chi connectivity index (χ1v) is 10.4. The van der Waals surface area contributed by atoms with Crippen molar-refractivity contribution in [2.24, 2.45) is 5.92 Å². The van der Waals surface area contributed by atoms with Gasteiger partial charge in [-0.15, -0.1) is 0 Å². The lowest BCUT2D eigenvalue weighted by molar-refractivity contribution is -0.136. The van der Waals surface area contributed by atoms with E-state index in [1.54, 1.807) is 4.90 Å². The summed E-state index contributed by atoms with van der Waals surface area (Å²) in [5.41, 5.74) is 3.05. The van der Waals surface area contributed by atoms with Crippen LogP contribution in [0.3, 0.4) is 0 Å². The lowest BCUT2D eigenvalue weighted by atomic mass is 10.1. The molecular weight excluding hydrogens is 382 g/mol. The Morgan fingerprint density at radius 3 is 2.70 bits per heavy atom. The van der Waals surface area contributed by atoms with Crippen LogP contribution >= 0.6 is 0 Å². The molecule has 156 valence electrons. The Morgan fingerprint density at radius 2 is 1.83 bits per heavy atom. The minimum Gasteiger partial charge on any atom is -0.486 e. The number of ether oxygens (including phenoxy) is 2. The first kappa shape index (κ1) is 18.8. The second kappa shape index (κ2) is 7.55. The maximum absolute atomic E-state index is 13.3. The number of fused-ring (bicyclic) bond motifs is 2. The van der Waals surface area contributed by atoms with E-state index in [0.717, 1.165) is 23.5 Å². The molecule has 3 heterocycles. The molecule has 1 atom stereocenters. The van der Waals surface area contributed by atoms with E-state index in [-0.39, 0.29) is 24.2 Å². The summed E-state index contributed by atoms with van der Waals surface area (Å²) in [5.74, 6) is 1.03. The van der Waals surface area contributed by atoms with Gasteiger partial charge < -0.3 is 24.2 Å². The van der Waals surface area contributed by atoms with Crippen LogP contribution < -0.4 is 19.3 Å². The van der Waals surface area contributed by atoms with Gasteiger partial charge in [0.1, 0.15) is 13.2 Å². The van der Waals surface area contributed by atoms with Crippen LogP contribution in [0.15, 0.2) is 42.5 Å². The molecule has 1 saturated heterocycles. The van der Waals surface area contributed by atoms with Crippen LogP contribution in [0.1, 0.15) is 12.0 Å². The molecular formula is C23H25N3O4. The lowest BCUT2D eigenvalue weighted by Gasteiger charge is -2.25. The van der Waals surface area contributed by atoms with Gasteiger partial charge in [0, 0.05) is 57.1 Å². The number of rotatable bonds is 2. The first-order valence-electron chi connectivity index (χ1n) is 10.4. The molecule has 0 aromatic heterocycles. The number of hydrogen-bond donors (Lipinski definition) is 0. The average molecular weight is 407 g/mol. The molecule has 0 spiro atoms. The summed E-state index contributed by atoms with van der Waals surface area (Å²) in [6.45, 7) is 3.42. The Balaban J connectivity index is 1.32. The molecule has 0 aliphatic carbocycles. The minimum atomic E-state index is -0.332. The summed E-state index contributed by atoms with van der Waals surface area (Å²) in [7, 11) is 2.05. The van der Waals surface area contributed by atoms with Crippen molar-refractivity contribution < 1.29 is 19.1 Å². The molecule has 0 saturated carbocycles. The fraction of sp³-hybridized carbons (Fsp3) is 0.391. The lowest BCUT2D eigenvalue weighted by Crippen LogP contribution is -2.39. The molecule has 1 unspecified atom stereocenters. The third-order valence-electron chi connectivity index (χ3n) is 6.09. The van der Waals surface area contributed by atoms with Crippen LogP contribution in [0, 0.1) is 5.92 Å². The SMILES string of the molecule is CN1CCN(C(=O)C2CC(=O)N(c3ccc4c(c3)OCCO4)C2)Cc2ccccc21. The van der Waals surface area contributed by atoms with Gasteiger partial charge >= 0.3 is 0 Å². The van der Waals surface area contributed by atoms with Crippen molar-refractivity contribution >= 4 is 23.2 Å². The van der Waals surface area contributed by atoms with E-state index >= 15 is 0 Å². The van der Waals surface area contributed by atoms with Gasteiger partial charge in [0.25, 0.3) is 0 Å². The zero-order valence-corrected chi connectivity index (χ0v) is 17.0. The van der Waals surface area contributed by atoms with Gasteiger partial charge in [-0.2, -0.15) is 0 Å². The van der Waals surface area contributed by atoms with E-state index in [0.29, 0.717) is 44.3 Å². The molecule has 0 N–H and O–H groups in total. The smallest absolute Gasteiger partial charge is 0.228 e. The Hall–Kier alpha value is -3.22. The van der Waals surface area contributed by atoms with E-state index in [1.165, 1.54) is 0 Å². The second-order valence-electron chi connectivity index (χ2n) is 8.04. The number of anilines is 2. The predicted molar refractivity (Wildman–Crippen MR) is 113 cm³/mol. The van der Waals surface area contributed by atoms with Crippen LogP contribution in [0.25, 0.3) is 0 Å². The average Bonchev–Trinajstić information content (AvgIpc) is 3.08. The van der Waals surface area contributed by atoms with Crippen molar-refractivity contribution in [1.82, 2.24) is 4.90 Å². The highest BCUT2D eigenvalue weighted by atomic mass is 16.6. The van der Waals surface area contributed by atoms with Gasteiger partial charge in [-0.1, -0.05) is 18.2 Å². The molecule has 5 rings (SSSR count). The standard InChI is InChI=1S/C23H25N3O4/c1-24-8-9-25(14-16-4-2-3-5-19(16)24)23(28)17-12-22(27)26(15-17)18-6-7-20-21(13-18)30-11-10-29-20/h2-7,13,17H,8-12,14-15H2,1H3. The van der Waals surface area contributed by atoms with Crippen LogP contribution in [-0.2, 0) is 16.1 Å². The van der Waals surface area contributed by atoms with Crippen molar-refractivity contribution in [3.05, 3.63) is 48.0 Å². The minimum absolute atomic E-state index is 0.0302. The van der Waals surface area contributed by atoms with Crippen LogP contribution in [0.5, 0.6) is 11.5 Å². The Kier molecular flexibility index (Phi) is 4.73. The maximum Gasteiger partial charge on any atom is 0.228 e. The van der Waals surface area contributed by atoms with Crippen molar-refractivity contribution in [3.63, 3.8) is 0 Å². The summed E-state index contributed by atoms with van der Waals surface area (Å²) in [6, 6.07) is 13.7. The van der Waals surface area contributed by atoms with Crippen molar-refractivity contribution in [3.8, 4) is 11.5 Å². The number of carbonyl (C=O) groups excluding carboxylic acids is 2. The van der Waals surface area contributed by atoms with Crippen LogP contribution in [0.4, 0.5) is 11.4 Å². The van der Waals surface area contributed by atoms with Gasteiger partial charge in [0.05, 0.1) is 5.92 Å². The molecule has 0 radical (unpaired) electrons. The van der Waals surface area contributed by atoms with E-state index in [2.05, 4.69) is 24.1 Å². The fourth-order valence-corrected chi connectivity index (χ4v) is 4.46. The van der Waals surface area contributed by atoms with Crippen molar-refractivity contribution in [1.29, 1.82) is 0 Å². The largest absolute Gasteiger partial charge is 0.486 e. The second-order valence-corrected chi connectivity index (χ2v) is 8.04. The van der Waals surface area contributed by atoms with E-state index in [4.69, 9.17) is 9.47 Å². The topological polar surface area (TPSA) is 62.3 Å². The molecule has 1 fully saturated rings. The Morgan fingerprint density at radius 1 is 1.03 bits per heavy atom. The number of nitrogens with zero attached hydrogens (tertiary/aromatic N) is 3. The monoisotopic (exact) mass is 407 g/mol. The number of benzene rings is 2. The normalized spacial score (nSPS) is 20.8. The number of likely N-dealkylation sites (N-methyl/N-ethyl adjacent to an activating group) is 1. The van der Waals surface area contributed by atoms with E-state index in [9.17, 15) is 9.59 Å². The quantitative estimate of drug-likeness (QED) is 0.765. The fourth-order valence-electron chi connectivity index (χ4n) is 4.46. The van der Waals surface area contributed by atoms with Gasteiger partial charge in [-0.25, -0.2) is 0 Å².